The van der Waals surface area contributed by atoms with Gasteiger partial charge in [-0.1, -0.05) is 41.9 Å². The fourth-order valence-corrected chi connectivity index (χ4v) is 3.14. The Bertz CT molecular complexity index is 452. The lowest BCUT2D eigenvalue weighted by Crippen LogP contribution is -2.53. The molecule has 1 aromatic carbocycles. The Balaban J connectivity index is 2.09. The molecule has 110 valence electrons. The summed E-state index contributed by atoms with van der Waals surface area (Å²) in [5, 5.41) is 6.61. The van der Waals surface area contributed by atoms with E-state index < -0.39 is 0 Å². The van der Waals surface area contributed by atoms with Crippen LogP contribution in [0.15, 0.2) is 28.7 Å². The lowest BCUT2D eigenvalue weighted by Gasteiger charge is -2.29. The molecule has 1 aliphatic rings. The van der Waals surface area contributed by atoms with Gasteiger partial charge in [-0.05, 0) is 49.9 Å². The lowest BCUT2D eigenvalue weighted by atomic mass is 9.92. The second kappa shape index (κ2) is 6.72. The molecule has 4 heteroatoms. The van der Waals surface area contributed by atoms with E-state index in [1.54, 1.807) is 0 Å². The molecule has 1 amide bonds. The molecule has 0 saturated carbocycles. The van der Waals surface area contributed by atoms with Gasteiger partial charge in [0.1, 0.15) is 0 Å². The van der Waals surface area contributed by atoms with E-state index in [0.29, 0.717) is 0 Å². The number of carbonyl (C=O) groups is 1. The van der Waals surface area contributed by atoms with Crippen LogP contribution in [0.5, 0.6) is 0 Å². The Kier molecular flexibility index (Phi) is 5.22. The number of hydrogen-bond acceptors (Lipinski definition) is 2. The monoisotopic (exact) mass is 338 g/mol. The molecular weight excluding hydrogens is 316 g/mol. The summed E-state index contributed by atoms with van der Waals surface area (Å²) < 4.78 is 1.06. The second-order valence-electron chi connectivity index (χ2n) is 5.45. The highest BCUT2D eigenvalue weighted by Crippen LogP contribution is 2.26. The van der Waals surface area contributed by atoms with Crippen molar-refractivity contribution >= 4 is 21.8 Å². The summed E-state index contributed by atoms with van der Waals surface area (Å²) >= 11 is 3.44. The molecule has 1 fully saturated rings. The standard InChI is InChI=1S/C16H23BrN2O/c1-3-14(12-6-8-13(17)9-7-12)19-15(20)16(4-2)10-5-11-18-16/h6-9,14,18H,3-5,10-11H2,1-2H3,(H,19,20). The van der Waals surface area contributed by atoms with Gasteiger partial charge in [0.2, 0.25) is 5.91 Å². The quantitative estimate of drug-likeness (QED) is 0.861. The van der Waals surface area contributed by atoms with Crippen molar-refractivity contribution in [3.05, 3.63) is 34.3 Å². The van der Waals surface area contributed by atoms with Crippen molar-refractivity contribution in [2.24, 2.45) is 0 Å². The summed E-state index contributed by atoms with van der Waals surface area (Å²) in [6, 6.07) is 8.26. The molecule has 2 atom stereocenters. The zero-order valence-electron chi connectivity index (χ0n) is 12.2. The molecule has 0 radical (unpaired) electrons. The predicted molar refractivity (Wildman–Crippen MR) is 85.6 cm³/mol. The first-order chi connectivity index (χ1) is 9.61. The Morgan fingerprint density at radius 2 is 2.10 bits per heavy atom. The van der Waals surface area contributed by atoms with E-state index in [2.05, 4.69) is 52.5 Å². The minimum Gasteiger partial charge on any atom is -0.348 e. The first kappa shape index (κ1) is 15.5. The van der Waals surface area contributed by atoms with Crippen LogP contribution in [0.3, 0.4) is 0 Å². The molecule has 2 unspecified atom stereocenters. The maximum absolute atomic E-state index is 12.6. The third-order valence-corrected chi connectivity index (χ3v) is 4.80. The number of rotatable bonds is 5. The molecule has 20 heavy (non-hydrogen) atoms. The Morgan fingerprint density at radius 3 is 2.60 bits per heavy atom. The van der Waals surface area contributed by atoms with Crippen LogP contribution in [0.2, 0.25) is 0 Å². The average Bonchev–Trinajstić information content (AvgIpc) is 2.96. The van der Waals surface area contributed by atoms with E-state index in [1.165, 1.54) is 0 Å². The number of nitrogens with one attached hydrogen (secondary N) is 2. The molecule has 3 nitrogen and oxygen atoms in total. The molecule has 0 aromatic heterocycles. The Hall–Kier alpha value is -0.870. The van der Waals surface area contributed by atoms with Crippen molar-refractivity contribution in [3.63, 3.8) is 0 Å². The van der Waals surface area contributed by atoms with E-state index in [1.807, 2.05) is 12.1 Å². The van der Waals surface area contributed by atoms with Gasteiger partial charge in [-0.3, -0.25) is 4.79 Å². The topological polar surface area (TPSA) is 41.1 Å². The van der Waals surface area contributed by atoms with Gasteiger partial charge in [-0.25, -0.2) is 0 Å². The minimum atomic E-state index is -0.358. The largest absolute Gasteiger partial charge is 0.348 e. The average molecular weight is 339 g/mol. The van der Waals surface area contributed by atoms with E-state index >= 15 is 0 Å². The van der Waals surface area contributed by atoms with E-state index in [-0.39, 0.29) is 17.5 Å². The van der Waals surface area contributed by atoms with Gasteiger partial charge in [0.05, 0.1) is 11.6 Å². The molecule has 0 spiro atoms. The molecular formula is C16H23BrN2O. The molecule has 1 aliphatic heterocycles. The van der Waals surface area contributed by atoms with Gasteiger partial charge in [0.25, 0.3) is 0 Å². The fourth-order valence-electron chi connectivity index (χ4n) is 2.87. The van der Waals surface area contributed by atoms with E-state index in [0.717, 1.165) is 42.3 Å². The number of hydrogen-bond donors (Lipinski definition) is 2. The molecule has 1 aromatic rings. The summed E-state index contributed by atoms with van der Waals surface area (Å²) in [5.41, 5.74) is 0.802. The number of amides is 1. The molecule has 0 aliphatic carbocycles. The van der Waals surface area contributed by atoms with Gasteiger partial charge in [0.15, 0.2) is 0 Å². The van der Waals surface area contributed by atoms with Crippen molar-refractivity contribution in [3.8, 4) is 0 Å². The SMILES string of the molecule is CCC(NC(=O)C1(CC)CCCN1)c1ccc(Br)cc1. The third kappa shape index (κ3) is 3.23. The number of carbonyl (C=O) groups excluding carboxylic acids is 1. The fraction of sp³-hybridized carbons (Fsp3) is 0.562. The number of benzene rings is 1. The summed E-state index contributed by atoms with van der Waals surface area (Å²) in [5.74, 6) is 0.146. The smallest absolute Gasteiger partial charge is 0.240 e. The van der Waals surface area contributed by atoms with Crippen molar-refractivity contribution in [1.82, 2.24) is 10.6 Å². The highest BCUT2D eigenvalue weighted by atomic mass is 79.9. The first-order valence-corrected chi connectivity index (χ1v) is 8.22. The van der Waals surface area contributed by atoms with Crippen LogP contribution < -0.4 is 10.6 Å². The summed E-state index contributed by atoms with van der Waals surface area (Å²) in [4.78, 5) is 12.6. The molecule has 1 heterocycles. The van der Waals surface area contributed by atoms with E-state index in [4.69, 9.17) is 0 Å². The van der Waals surface area contributed by atoms with Crippen LogP contribution in [0.1, 0.15) is 51.1 Å². The van der Waals surface area contributed by atoms with Crippen molar-refractivity contribution in [2.75, 3.05) is 6.54 Å². The molecule has 2 N–H and O–H groups in total. The van der Waals surface area contributed by atoms with Crippen molar-refractivity contribution < 1.29 is 4.79 Å². The van der Waals surface area contributed by atoms with E-state index in [9.17, 15) is 4.79 Å². The van der Waals surface area contributed by atoms with Crippen LogP contribution in [0.4, 0.5) is 0 Å². The Morgan fingerprint density at radius 1 is 1.40 bits per heavy atom. The zero-order valence-corrected chi connectivity index (χ0v) is 13.8. The lowest BCUT2D eigenvalue weighted by molar-refractivity contribution is -0.128. The van der Waals surface area contributed by atoms with Crippen LogP contribution in [-0.4, -0.2) is 18.0 Å². The van der Waals surface area contributed by atoms with Crippen LogP contribution in [0.25, 0.3) is 0 Å². The zero-order chi connectivity index (χ0) is 14.6. The van der Waals surface area contributed by atoms with Crippen molar-refractivity contribution in [2.45, 2.75) is 51.1 Å². The minimum absolute atomic E-state index is 0.0847. The molecule has 1 saturated heterocycles. The number of halogens is 1. The Labute approximate surface area is 129 Å². The van der Waals surface area contributed by atoms with Gasteiger partial charge < -0.3 is 10.6 Å². The maximum Gasteiger partial charge on any atom is 0.240 e. The molecule has 0 bridgehead atoms. The van der Waals surface area contributed by atoms with Crippen LogP contribution >= 0.6 is 15.9 Å². The third-order valence-electron chi connectivity index (χ3n) is 4.27. The van der Waals surface area contributed by atoms with Gasteiger partial charge >= 0.3 is 0 Å². The summed E-state index contributed by atoms with van der Waals surface area (Å²) in [6.45, 7) is 5.13. The highest BCUT2D eigenvalue weighted by Gasteiger charge is 2.39. The van der Waals surface area contributed by atoms with Gasteiger partial charge in [0, 0.05) is 4.47 Å². The van der Waals surface area contributed by atoms with Gasteiger partial charge in [-0.15, -0.1) is 0 Å². The highest BCUT2D eigenvalue weighted by molar-refractivity contribution is 9.10. The predicted octanol–water partition coefficient (Wildman–Crippen LogP) is 3.55. The second-order valence-corrected chi connectivity index (χ2v) is 6.37. The first-order valence-electron chi connectivity index (χ1n) is 7.42. The molecule has 2 rings (SSSR count). The maximum atomic E-state index is 12.6. The van der Waals surface area contributed by atoms with Crippen molar-refractivity contribution in [1.29, 1.82) is 0 Å². The van der Waals surface area contributed by atoms with Crippen LogP contribution in [-0.2, 0) is 4.79 Å². The van der Waals surface area contributed by atoms with Gasteiger partial charge in [-0.2, -0.15) is 0 Å². The summed E-state index contributed by atoms with van der Waals surface area (Å²) in [6.07, 6.45) is 3.76. The van der Waals surface area contributed by atoms with Crippen LogP contribution in [0, 0.1) is 0 Å². The summed E-state index contributed by atoms with van der Waals surface area (Å²) in [7, 11) is 0. The normalized spacial score (nSPS) is 23.6.